The molecule has 0 radical (unpaired) electrons. The molecule has 0 aromatic heterocycles. The zero-order valence-electron chi connectivity index (χ0n) is 9.82. The predicted molar refractivity (Wildman–Crippen MR) is 60.8 cm³/mol. The molecule has 0 saturated heterocycles. The van der Waals surface area contributed by atoms with Gasteiger partial charge in [0.15, 0.2) is 0 Å². The topological polar surface area (TPSA) is 87.5 Å². The Morgan fingerprint density at radius 1 is 1.50 bits per heavy atom. The fourth-order valence-corrected chi connectivity index (χ4v) is 1.48. The third-order valence-electron chi connectivity index (χ3n) is 2.72. The molecule has 0 aromatic carbocycles. The quantitative estimate of drug-likeness (QED) is 0.558. The number of hydrogen-bond donors (Lipinski definition) is 3. The van der Waals surface area contributed by atoms with Crippen LogP contribution in [0.25, 0.3) is 0 Å². The van der Waals surface area contributed by atoms with E-state index in [1.165, 1.54) is 12.8 Å². The maximum absolute atomic E-state index is 11.3. The molecule has 3 amide bonds. The van der Waals surface area contributed by atoms with Gasteiger partial charge in [-0.15, -0.1) is 0 Å². The molecule has 1 saturated carbocycles. The van der Waals surface area contributed by atoms with E-state index in [2.05, 4.69) is 17.3 Å². The second-order valence-corrected chi connectivity index (χ2v) is 4.24. The monoisotopic (exact) mass is 228 g/mol. The predicted octanol–water partition coefficient (Wildman–Crippen LogP) is -0.746. The summed E-state index contributed by atoms with van der Waals surface area (Å²) in [4.78, 5) is 24.0. The van der Waals surface area contributed by atoms with E-state index < -0.39 is 12.1 Å². The van der Waals surface area contributed by atoms with Crippen molar-refractivity contribution in [2.75, 3.05) is 20.1 Å². The fourth-order valence-electron chi connectivity index (χ4n) is 1.48. The number of carbonyl (C=O) groups is 2. The molecule has 1 rings (SSSR count). The van der Waals surface area contributed by atoms with Gasteiger partial charge in [0.05, 0.1) is 6.04 Å². The van der Waals surface area contributed by atoms with E-state index in [-0.39, 0.29) is 5.91 Å². The van der Waals surface area contributed by atoms with Gasteiger partial charge >= 0.3 is 6.03 Å². The highest BCUT2D eigenvalue weighted by molar-refractivity contribution is 5.96. The molecule has 4 N–H and O–H groups in total. The van der Waals surface area contributed by atoms with Crippen molar-refractivity contribution in [3.05, 3.63) is 0 Å². The zero-order valence-corrected chi connectivity index (χ0v) is 9.82. The second-order valence-electron chi connectivity index (χ2n) is 4.24. The number of primary amides is 1. The van der Waals surface area contributed by atoms with Gasteiger partial charge < -0.3 is 16.0 Å². The van der Waals surface area contributed by atoms with Gasteiger partial charge in [-0.3, -0.25) is 10.1 Å². The number of rotatable bonds is 6. The van der Waals surface area contributed by atoms with Crippen molar-refractivity contribution in [1.82, 2.24) is 15.5 Å². The average Bonchev–Trinajstić information content (AvgIpc) is 2.99. The van der Waals surface area contributed by atoms with Crippen molar-refractivity contribution in [2.24, 2.45) is 5.73 Å². The van der Waals surface area contributed by atoms with Crippen LogP contribution in [0.4, 0.5) is 4.79 Å². The Morgan fingerprint density at radius 3 is 2.62 bits per heavy atom. The summed E-state index contributed by atoms with van der Waals surface area (Å²) < 4.78 is 0. The molecule has 1 atom stereocenters. The summed E-state index contributed by atoms with van der Waals surface area (Å²) in [5.41, 5.74) is 4.85. The summed E-state index contributed by atoms with van der Waals surface area (Å²) >= 11 is 0. The van der Waals surface area contributed by atoms with Crippen LogP contribution in [-0.4, -0.2) is 49.1 Å². The smallest absolute Gasteiger partial charge is 0.318 e. The second kappa shape index (κ2) is 5.81. The van der Waals surface area contributed by atoms with E-state index in [0.29, 0.717) is 0 Å². The number of nitrogens with zero attached hydrogens (tertiary/aromatic N) is 1. The molecule has 0 aromatic rings. The molecule has 1 aliphatic rings. The fraction of sp³-hybridized carbons (Fsp3) is 0.800. The summed E-state index contributed by atoms with van der Waals surface area (Å²) in [6, 6.07) is -0.495. The molecule has 0 spiro atoms. The molecule has 1 unspecified atom stereocenters. The largest absolute Gasteiger partial charge is 0.351 e. The molecular weight excluding hydrogens is 208 g/mol. The van der Waals surface area contributed by atoms with E-state index in [0.717, 1.165) is 19.1 Å². The molecule has 92 valence electrons. The molecule has 6 nitrogen and oxygen atoms in total. The average molecular weight is 228 g/mol. The molecule has 1 fully saturated rings. The van der Waals surface area contributed by atoms with Crippen molar-refractivity contribution < 1.29 is 9.59 Å². The molecule has 6 heteroatoms. The Morgan fingerprint density at radius 2 is 2.12 bits per heavy atom. The van der Waals surface area contributed by atoms with Crippen LogP contribution in [0.15, 0.2) is 0 Å². The van der Waals surface area contributed by atoms with Gasteiger partial charge in [0, 0.05) is 19.1 Å². The first-order chi connectivity index (χ1) is 7.50. The summed E-state index contributed by atoms with van der Waals surface area (Å²) in [6.07, 6.45) is 2.54. The Bertz CT molecular complexity index is 266. The van der Waals surface area contributed by atoms with Gasteiger partial charge in [-0.25, -0.2) is 4.79 Å². The Balaban J connectivity index is 2.11. The van der Waals surface area contributed by atoms with Crippen molar-refractivity contribution in [2.45, 2.75) is 31.8 Å². The van der Waals surface area contributed by atoms with Crippen molar-refractivity contribution in [3.8, 4) is 0 Å². The number of carbonyl (C=O) groups excluding carboxylic acids is 2. The van der Waals surface area contributed by atoms with E-state index in [1.807, 2.05) is 5.32 Å². The van der Waals surface area contributed by atoms with Gasteiger partial charge in [0.2, 0.25) is 5.91 Å². The lowest BCUT2D eigenvalue weighted by Gasteiger charge is -2.18. The van der Waals surface area contributed by atoms with Crippen LogP contribution in [0.5, 0.6) is 0 Å². The first kappa shape index (κ1) is 12.9. The SMILES string of the molecule is CC(NCCN(C)C1CC1)C(=O)NC(N)=O. The highest BCUT2D eigenvalue weighted by atomic mass is 16.2. The van der Waals surface area contributed by atoms with Gasteiger partial charge in [0.25, 0.3) is 0 Å². The summed E-state index contributed by atoms with van der Waals surface area (Å²) in [6.45, 7) is 3.33. The highest BCUT2D eigenvalue weighted by Crippen LogP contribution is 2.24. The third-order valence-corrected chi connectivity index (χ3v) is 2.72. The Labute approximate surface area is 95.5 Å². The number of nitrogens with two attached hydrogens (primary N) is 1. The van der Waals surface area contributed by atoms with E-state index in [4.69, 9.17) is 5.73 Å². The molecule has 0 heterocycles. The van der Waals surface area contributed by atoms with Gasteiger partial charge in [-0.1, -0.05) is 0 Å². The normalized spacial score (nSPS) is 17.2. The zero-order chi connectivity index (χ0) is 12.1. The van der Waals surface area contributed by atoms with Crippen molar-refractivity contribution >= 4 is 11.9 Å². The number of nitrogens with one attached hydrogen (secondary N) is 2. The standard InChI is InChI=1S/C10H20N4O2/c1-7(9(15)13-10(11)16)12-5-6-14(2)8-3-4-8/h7-8,12H,3-6H2,1-2H3,(H3,11,13,15,16). The van der Waals surface area contributed by atoms with Crippen LogP contribution in [0.1, 0.15) is 19.8 Å². The lowest BCUT2D eigenvalue weighted by molar-refractivity contribution is -0.121. The van der Waals surface area contributed by atoms with E-state index in [1.54, 1.807) is 6.92 Å². The van der Waals surface area contributed by atoms with E-state index >= 15 is 0 Å². The van der Waals surface area contributed by atoms with Gasteiger partial charge in [0.1, 0.15) is 0 Å². The third kappa shape index (κ3) is 4.59. The maximum Gasteiger partial charge on any atom is 0.318 e. The number of likely N-dealkylation sites (N-methyl/N-ethyl adjacent to an activating group) is 1. The van der Waals surface area contributed by atoms with Crippen molar-refractivity contribution in [1.29, 1.82) is 0 Å². The minimum atomic E-state index is -0.811. The van der Waals surface area contributed by atoms with E-state index in [9.17, 15) is 9.59 Å². The molecular formula is C10H20N4O2. The molecule has 0 aliphatic heterocycles. The van der Waals surface area contributed by atoms with Crippen molar-refractivity contribution in [3.63, 3.8) is 0 Å². The summed E-state index contributed by atoms with van der Waals surface area (Å²) in [7, 11) is 2.08. The molecule has 1 aliphatic carbocycles. The van der Waals surface area contributed by atoms with Crippen LogP contribution in [-0.2, 0) is 4.79 Å². The summed E-state index contributed by atoms with van der Waals surface area (Å²) in [5, 5.41) is 5.08. The number of amides is 3. The Kier molecular flexibility index (Phi) is 4.70. The van der Waals surface area contributed by atoms with Crippen LogP contribution >= 0.6 is 0 Å². The minimum Gasteiger partial charge on any atom is -0.351 e. The lowest BCUT2D eigenvalue weighted by Crippen LogP contribution is -2.47. The maximum atomic E-state index is 11.3. The van der Waals surface area contributed by atoms with Crippen LogP contribution < -0.4 is 16.4 Å². The van der Waals surface area contributed by atoms with Gasteiger partial charge in [-0.2, -0.15) is 0 Å². The summed E-state index contributed by atoms with van der Waals surface area (Å²) in [5.74, 6) is -0.387. The number of urea groups is 1. The molecule has 0 bridgehead atoms. The Hall–Kier alpha value is -1.14. The number of hydrogen-bond acceptors (Lipinski definition) is 4. The highest BCUT2D eigenvalue weighted by Gasteiger charge is 2.25. The first-order valence-electron chi connectivity index (χ1n) is 5.54. The molecule has 16 heavy (non-hydrogen) atoms. The lowest BCUT2D eigenvalue weighted by atomic mass is 10.3. The van der Waals surface area contributed by atoms with Crippen LogP contribution in [0, 0.1) is 0 Å². The number of imide groups is 1. The minimum absolute atomic E-state index is 0.387. The van der Waals surface area contributed by atoms with Crippen LogP contribution in [0.2, 0.25) is 0 Å². The van der Waals surface area contributed by atoms with Gasteiger partial charge in [-0.05, 0) is 26.8 Å². The van der Waals surface area contributed by atoms with Crippen LogP contribution in [0.3, 0.4) is 0 Å². The first-order valence-corrected chi connectivity index (χ1v) is 5.54.